The van der Waals surface area contributed by atoms with Crippen molar-refractivity contribution in [3.05, 3.63) is 77.9 Å². The number of nitrogens with one attached hydrogen (secondary N) is 1. The van der Waals surface area contributed by atoms with Crippen molar-refractivity contribution in [2.24, 2.45) is 0 Å². The fourth-order valence-electron chi connectivity index (χ4n) is 3.48. The molecule has 0 spiro atoms. The van der Waals surface area contributed by atoms with E-state index in [1.165, 1.54) is 38.5 Å². The van der Waals surface area contributed by atoms with Gasteiger partial charge in [0.25, 0.3) is 10.0 Å². The Morgan fingerprint density at radius 1 is 0.944 bits per heavy atom. The first-order valence-electron chi connectivity index (χ1n) is 11.1. The number of esters is 1. The fraction of sp³-hybridized carbons (Fsp3) is 0.231. The van der Waals surface area contributed by atoms with Crippen LogP contribution in [-0.2, 0) is 19.6 Å². The summed E-state index contributed by atoms with van der Waals surface area (Å²) in [6, 6.07) is 17.2. The molecule has 0 unspecified atom stereocenters. The summed E-state index contributed by atoms with van der Waals surface area (Å²) in [5, 5.41) is 2.73. The first-order chi connectivity index (χ1) is 17.2. The fourth-order valence-corrected chi connectivity index (χ4v) is 4.92. The minimum atomic E-state index is -4.16. The van der Waals surface area contributed by atoms with Crippen LogP contribution in [-0.4, -0.2) is 47.7 Å². The molecular formula is C26H28N2O7S. The Balaban J connectivity index is 1.97. The Morgan fingerprint density at radius 3 is 2.28 bits per heavy atom. The van der Waals surface area contributed by atoms with Crippen LogP contribution in [0.3, 0.4) is 0 Å². The van der Waals surface area contributed by atoms with Gasteiger partial charge in [0.1, 0.15) is 18.0 Å². The second-order valence-corrected chi connectivity index (χ2v) is 9.52. The van der Waals surface area contributed by atoms with Gasteiger partial charge in [-0.05, 0) is 61.9 Å². The Labute approximate surface area is 210 Å². The largest absolute Gasteiger partial charge is 0.497 e. The van der Waals surface area contributed by atoms with Crippen molar-refractivity contribution in [2.75, 3.05) is 37.0 Å². The van der Waals surface area contributed by atoms with E-state index in [1.54, 1.807) is 56.3 Å². The number of amides is 1. The summed E-state index contributed by atoms with van der Waals surface area (Å²) in [5.41, 5.74) is 1.54. The van der Waals surface area contributed by atoms with Crippen LogP contribution < -0.4 is 19.1 Å². The molecule has 0 aliphatic heterocycles. The molecule has 0 aliphatic carbocycles. The van der Waals surface area contributed by atoms with E-state index in [4.69, 9.17) is 14.2 Å². The summed E-state index contributed by atoms with van der Waals surface area (Å²) < 4.78 is 43.9. The van der Waals surface area contributed by atoms with E-state index in [-0.39, 0.29) is 22.9 Å². The van der Waals surface area contributed by atoms with Gasteiger partial charge < -0.3 is 19.5 Å². The molecule has 0 atom stereocenters. The van der Waals surface area contributed by atoms with Gasteiger partial charge in [-0.25, -0.2) is 13.2 Å². The third kappa shape index (κ3) is 5.95. The summed E-state index contributed by atoms with van der Waals surface area (Å²) >= 11 is 0. The molecule has 3 aromatic carbocycles. The van der Waals surface area contributed by atoms with Crippen molar-refractivity contribution in [2.45, 2.75) is 18.7 Å². The molecule has 36 heavy (non-hydrogen) atoms. The van der Waals surface area contributed by atoms with E-state index in [0.29, 0.717) is 22.6 Å². The van der Waals surface area contributed by atoms with Gasteiger partial charge in [0, 0.05) is 11.8 Å². The third-order valence-corrected chi connectivity index (χ3v) is 7.06. The standard InChI is InChI=1S/C26H28N2O7S/c1-5-35-26(30)19-11-13-22(18(2)15-19)27-25(29)17-28(36(31,32)21-9-7-6-8-10-21)23-16-20(33-3)12-14-24(23)34-4/h6-16H,5,17H2,1-4H3,(H,27,29). The van der Waals surface area contributed by atoms with Crippen LogP contribution in [0.1, 0.15) is 22.8 Å². The summed E-state index contributed by atoms with van der Waals surface area (Å²) in [4.78, 5) is 25.1. The molecule has 3 aromatic rings. The van der Waals surface area contributed by atoms with Crippen molar-refractivity contribution < 1.29 is 32.2 Å². The number of nitrogens with zero attached hydrogens (tertiary/aromatic N) is 1. The van der Waals surface area contributed by atoms with Gasteiger partial charge in [0.05, 0.1) is 37.0 Å². The first kappa shape index (κ1) is 26.6. The van der Waals surface area contributed by atoms with Crippen molar-refractivity contribution in [3.63, 3.8) is 0 Å². The Kier molecular flexibility index (Phi) is 8.55. The summed E-state index contributed by atoms with van der Waals surface area (Å²) in [7, 11) is -1.29. The maximum Gasteiger partial charge on any atom is 0.338 e. The molecule has 10 heteroatoms. The van der Waals surface area contributed by atoms with Gasteiger partial charge >= 0.3 is 5.97 Å². The predicted molar refractivity (Wildman–Crippen MR) is 136 cm³/mol. The average molecular weight is 513 g/mol. The quantitative estimate of drug-likeness (QED) is 0.409. The van der Waals surface area contributed by atoms with E-state index in [2.05, 4.69) is 5.32 Å². The lowest BCUT2D eigenvalue weighted by Gasteiger charge is -2.26. The second-order valence-electron chi connectivity index (χ2n) is 7.66. The summed E-state index contributed by atoms with van der Waals surface area (Å²) in [5.74, 6) is -0.418. The van der Waals surface area contributed by atoms with Gasteiger partial charge in [-0.15, -0.1) is 0 Å². The van der Waals surface area contributed by atoms with Crippen molar-refractivity contribution in [1.82, 2.24) is 0 Å². The highest BCUT2D eigenvalue weighted by molar-refractivity contribution is 7.92. The van der Waals surface area contributed by atoms with E-state index >= 15 is 0 Å². The molecule has 0 heterocycles. The second kappa shape index (κ2) is 11.6. The monoisotopic (exact) mass is 512 g/mol. The van der Waals surface area contributed by atoms with Crippen LogP contribution in [0, 0.1) is 6.92 Å². The minimum absolute atomic E-state index is 0.0117. The number of carbonyl (C=O) groups is 2. The lowest BCUT2D eigenvalue weighted by molar-refractivity contribution is -0.114. The number of hydrogen-bond acceptors (Lipinski definition) is 7. The smallest absolute Gasteiger partial charge is 0.338 e. The highest BCUT2D eigenvalue weighted by Gasteiger charge is 2.30. The zero-order chi connectivity index (χ0) is 26.3. The maximum atomic E-state index is 13.6. The number of carbonyl (C=O) groups excluding carboxylic acids is 2. The van der Waals surface area contributed by atoms with Gasteiger partial charge in [-0.1, -0.05) is 18.2 Å². The molecular weight excluding hydrogens is 484 g/mol. The van der Waals surface area contributed by atoms with Crippen LogP contribution in [0.5, 0.6) is 11.5 Å². The Bertz CT molecular complexity index is 1340. The number of aryl methyl sites for hydroxylation is 1. The number of hydrogen-bond donors (Lipinski definition) is 1. The maximum absolute atomic E-state index is 13.6. The summed E-state index contributed by atoms with van der Waals surface area (Å²) in [6.07, 6.45) is 0. The Morgan fingerprint density at radius 2 is 1.67 bits per heavy atom. The molecule has 190 valence electrons. The Hall–Kier alpha value is -4.05. The SMILES string of the molecule is CCOC(=O)c1ccc(NC(=O)CN(c2cc(OC)ccc2OC)S(=O)(=O)c2ccccc2)c(C)c1. The lowest BCUT2D eigenvalue weighted by Crippen LogP contribution is -2.38. The van der Waals surface area contributed by atoms with Gasteiger partial charge in [-0.3, -0.25) is 9.10 Å². The van der Waals surface area contributed by atoms with Crippen LogP contribution in [0.4, 0.5) is 11.4 Å². The number of ether oxygens (including phenoxy) is 3. The lowest BCUT2D eigenvalue weighted by atomic mass is 10.1. The van der Waals surface area contributed by atoms with E-state index < -0.39 is 28.4 Å². The van der Waals surface area contributed by atoms with Crippen molar-refractivity contribution >= 4 is 33.3 Å². The van der Waals surface area contributed by atoms with Gasteiger partial charge in [0.2, 0.25) is 5.91 Å². The minimum Gasteiger partial charge on any atom is -0.497 e. The molecule has 0 saturated carbocycles. The van der Waals surface area contributed by atoms with E-state index in [0.717, 1.165) is 4.31 Å². The topological polar surface area (TPSA) is 111 Å². The van der Waals surface area contributed by atoms with E-state index in [9.17, 15) is 18.0 Å². The first-order valence-corrected chi connectivity index (χ1v) is 12.5. The van der Waals surface area contributed by atoms with Crippen LogP contribution >= 0.6 is 0 Å². The third-order valence-electron chi connectivity index (χ3n) is 5.28. The molecule has 0 radical (unpaired) electrons. The van der Waals surface area contributed by atoms with Gasteiger partial charge in [0.15, 0.2) is 0 Å². The van der Waals surface area contributed by atoms with Crippen LogP contribution in [0.2, 0.25) is 0 Å². The normalized spacial score (nSPS) is 10.9. The molecule has 9 nitrogen and oxygen atoms in total. The zero-order valence-corrected chi connectivity index (χ0v) is 21.3. The summed E-state index contributed by atoms with van der Waals surface area (Å²) in [6.45, 7) is 3.14. The molecule has 1 amide bonds. The highest BCUT2D eigenvalue weighted by Crippen LogP contribution is 2.35. The van der Waals surface area contributed by atoms with Crippen molar-refractivity contribution in [3.8, 4) is 11.5 Å². The predicted octanol–water partition coefficient (Wildman–Crippen LogP) is 4.02. The molecule has 0 bridgehead atoms. The van der Waals surface area contributed by atoms with Gasteiger partial charge in [-0.2, -0.15) is 0 Å². The van der Waals surface area contributed by atoms with Crippen LogP contribution in [0.25, 0.3) is 0 Å². The number of methoxy groups -OCH3 is 2. The number of benzene rings is 3. The number of sulfonamides is 1. The molecule has 3 rings (SSSR count). The van der Waals surface area contributed by atoms with Crippen LogP contribution in [0.15, 0.2) is 71.6 Å². The average Bonchev–Trinajstić information content (AvgIpc) is 2.88. The molecule has 0 aliphatic rings. The number of anilines is 2. The van der Waals surface area contributed by atoms with Crippen molar-refractivity contribution in [1.29, 1.82) is 0 Å². The number of rotatable bonds is 10. The van der Waals surface area contributed by atoms with E-state index in [1.807, 2.05) is 0 Å². The molecule has 1 N–H and O–H groups in total. The zero-order valence-electron chi connectivity index (χ0n) is 20.5. The molecule has 0 aromatic heterocycles. The molecule has 0 saturated heterocycles. The molecule has 0 fully saturated rings. The highest BCUT2D eigenvalue weighted by atomic mass is 32.2.